The lowest BCUT2D eigenvalue weighted by atomic mass is 10.2. The summed E-state index contributed by atoms with van der Waals surface area (Å²) in [4.78, 5) is 11.4. The van der Waals surface area contributed by atoms with Gasteiger partial charge in [-0.05, 0) is 38.0 Å². The first-order valence-electron chi connectivity index (χ1n) is 6.60. The molecule has 0 fully saturated rings. The minimum Gasteiger partial charge on any atom is -0.396 e. The molecule has 0 saturated carbocycles. The van der Waals surface area contributed by atoms with Crippen LogP contribution in [0.2, 0.25) is 0 Å². The summed E-state index contributed by atoms with van der Waals surface area (Å²) in [6.45, 7) is 5.22. The van der Waals surface area contributed by atoms with E-state index in [1.165, 1.54) is 0 Å². The van der Waals surface area contributed by atoms with Crippen molar-refractivity contribution in [2.45, 2.75) is 32.9 Å². The molecule has 0 unspecified atom stereocenters. The van der Waals surface area contributed by atoms with Gasteiger partial charge in [0.15, 0.2) is 0 Å². The van der Waals surface area contributed by atoms with Gasteiger partial charge in [0.25, 0.3) is 0 Å². The molecular weight excluding hydrogens is 242 g/mol. The number of carbonyl (C=O) groups is 1. The van der Waals surface area contributed by atoms with Crippen molar-refractivity contribution in [3.63, 3.8) is 0 Å². The van der Waals surface area contributed by atoms with Crippen LogP contribution >= 0.6 is 0 Å². The summed E-state index contributed by atoms with van der Waals surface area (Å²) in [6, 6.07) is 8.13. The maximum absolute atomic E-state index is 11.4. The minimum atomic E-state index is -0.212. The van der Waals surface area contributed by atoms with Crippen LogP contribution in [0.4, 0.5) is 10.5 Å². The van der Waals surface area contributed by atoms with Crippen molar-refractivity contribution < 1.29 is 9.90 Å². The number of hydrogen-bond acceptors (Lipinski definition) is 3. The molecule has 0 spiro atoms. The first-order chi connectivity index (χ1) is 9.11. The second kappa shape index (κ2) is 8.37. The molecule has 0 aromatic heterocycles. The van der Waals surface area contributed by atoms with Gasteiger partial charge in [-0.3, -0.25) is 0 Å². The summed E-state index contributed by atoms with van der Waals surface area (Å²) in [5.41, 5.74) is 2.10. The lowest BCUT2D eigenvalue weighted by molar-refractivity contribution is 0.237. The Morgan fingerprint density at radius 1 is 1.32 bits per heavy atom. The number of nitrogens with one attached hydrogen (secondary N) is 3. The Morgan fingerprint density at radius 3 is 2.79 bits per heavy atom. The maximum Gasteiger partial charge on any atom is 0.315 e. The van der Waals surface area contributed by atoms with E-state index in [1.54, 1.807) is 0 Å². The highest BCUT2D eigenvalue weighted by Crippen LogP contribution is 2.11. The number of hydrogen-bond donors (Lipinski definition) is 4. The van der Waals surface area contributed by atoms with Crippen molar-refractivity contribution in [1.82, 2.24) is 10.6 Å². The quantitative estimate of drug-likeness (QED) is 0.567. The second-order valence-electron chi connectivity index (χ2n) is 4.69. The van der Waals surface area contributed by atoms with E-state index in [2.05, 4.69) is 29.8 Å². The molecule has 1 aromatic rings. The maximum atomic E-state index is 11.4. The number of anilines is 1. The minimum absolute atomic E-state index is 0.0865. The fraction of sp³-hybridized carbons (Fsp3) is 0.500. The van der Waals surface area contributed by atoms with Crippen LogP contribution in [0, 0.1) is 0 Å². The molecule has 0 atom stereocenters. The Labute approximate surface area is 114 Å². The predicted octanol–water partition coefficient (Wildman–Crippen LogP) is 1.69. The van der Waals surface area contributed by atoms with Crippen LogP contribution in [-0.4, -0.2) is 30.3 Å². The van der Waals surface area contributed by atoms with Gasteiger partial charge in [-0.1, -0.05) is 12.1 Å². The van der Waals surface area contributed by atoms with Crippen LogP contribution in [0.5, 0.6) is 0 Å². The molecular formula is C14H23N3O2. The molecule has 19 heavy (non-hydrogen) atoms. The summed E-state index contributed by atoms with van der Waals surface area (Å²) in [6.07, 6.45) is 0.571. The molecule has 1 aromatic carbocycles. The molecule has 0 aliphatic carbocycles. The zero-order valence-corrected chi connectivity index (χ0v) is 11.6. The van der Waals surface area contributed by atoms with Gasteiger partial charge >= 0.3 is 6.03 Å². The first kappa shape index (κ1) is 15.3. The van der Waals surface area contributed by atoms with E-state index in [4.69, 9.17) is 5.11 Å². The molecule has 106 valence electrons. The van der Waals surface area contributed by atoms with Gasteiger partial charge in [0.2, 0.25) is 0 Å². The third kappa shape index (κ3) is 6.67. The highest BCUT2D eigenvalue weighted by atomic mass is 16.3. The summed E-state index contributed by atoms with van der Waals surface area (Å²) < 4.78 is 0. The van der Waals surface area contributed by atoms with Gasteiger partial charge in [0.1, 0.15) is 0 Å². The number of benzene rings is 1. The predicted molar refractivity (Wildman–Crippen MR) is 77.1 cm³/mol. The van der Waals surface area contributed by atoms with Gasteiger partial charge in [-0.25, -0.2) is 4.79 Å². The molecule has 0 bridgehead atoms. The third-order valence-corrected chi connectivity index (χ3v) is 2.46. The van der Waals surface area contributed by atoms with E-state index < -0.39 is 0 Å². The first-order valence-corrected chi connectivity index (χ1v) is 6.60. The molecule has 2 amide bonds. The Balaban J connectivity index is 2.38. The normalized spacial score (nSPS) is 10.3. The summed E-state index contributed by atoms with van der Waals surface area (Å²) in [5.74, 6) is 0. The molecule has 5 heteroatoms. The van der Waals surface area contributed by atoms with Gasteiger partial charge in [0.05, 0.1) is 0 Å². The van der Waals surface area contributed by atoms with E-state index >= 15 is 0 Å². The van der Waals surface area contributed by atoms with Crippen LogP contribution in [0.25, 0.3) is 0 Å². The van der Waals surface area contributed by atoms with Crippen LogP contribution < -0.4 is 16.0 Å². The number of amides is 2. The number of urea groups is 1. The van der Waals surface area contributed by atoms with Gasteiger partial charge in [-0.15, -0.1) is 0 Å². The number of carbonyl (C=O) groups excluding carboxylic acids is 1. The summed E-state index contributed by atoms with van der Waals surface area (Å²) in [7, 11) is 0. The highest BCUT2D eigenvalue weighted by molar-refractivity contribution is 5.73. The number of rotatable bonds is 7. The van der Waals surface area contributed by atoms with E-state index in [9.17, 15) is 4.79 Å². The van der Waals surface area contributed by atoms with Gasteiger partial charge in [0, 0.05) is 31.4 Å². The lowest BCUT2D eigenvalue weighted by Crippen LogP contribution is -2.35. The van der Waals surface area contributed by atoms with Gasteiger partial charge in [-0.2, -0.15) is 0 Å². The Kier molecular flexibility index (Phi) is 6.74. The molecule has 0 radical (unpaired) electrons. The van der Waals surface area contributed by atoms with Crippen LogP contribution in [0.1, 0.15) is 25.8 Å². The molecule has 1 rings (SSSR count). The zero-order valence-electron chi connectivity index (χ0n) is 11.6. The van der Waals surface area contributed by atoms with E-state index in [0.717, 1.165) is 11.3 Å². The van der Waals surface area contributed by atoms with E-state index in [1.807, 2.05) is 24.3 Å². The highest BCUT2D eigenvalue weighted by Gasteiger charge is 2.01. The molecule has 0 saturated heterocycles. The van der Waals surface area contributed by atoms with Crippen molar-refractivity contribution in [2.75, 3.05) is 18.5 Å². The van der Waals surface area contributed by atoms with E-state index in [-0.39, 0.29) is 12.6 Å². The third-order valence-electron chi connectivity index (χ3n) is 2.46. The van der Waals surface area contributed by atoms with Crippen molar-refractivity contribution in [3.8, 4) is 0 Å². The smallest absolute Gasteiger partial charge is 0.315 e. The SMILES string of the molecule is CC(C)Nc1cccc(CNC(=O)NCCCO)c1. The topological polar surface area (TPSA) is 73.4 Å². The van der Waals surface area contributed by atoms with Gasteiger partial charge < -0.3 is 21.1 Å². The number of aliphatic hydroxyl groups excluding tert-OH is 1. The Bertz CT molecular complexity index is 394. The lowest BCUT2D eigenvalue weighted by Gasteiger charge is -2.12. The monoisotopic (exact) mass is 265 g/mol. The standard InChI is InChI=1S/C14H23N3O2/c1-11(2)17-13-6-3-5-12(9-13)10-16-14(19)15-7-4-8-18/h3,5-6,9,11,17-18H,4,7-8,10H2,1-2H3,(H2,15,16,19). The van der Waals surface area contributed by atoms with Crippen molar-refractivity contribution >= 4 is 11.7 Å². The molecule has 5 nitrogen and oxygen atoms in total. The second-order valence-corrected chi connectivity index (χ2v) is 4.69. The fourth-order valence-electron chi connectivity index (χ4n) is 1.63. The molecule has 4 N–H and O–H groups in total. The molecule has 0 aliphatic heterocycles. The van der Waals surface area contributed by atoms with Crippen molar-refractivity contribution in [2.24, 2.45) is 0 Å². The van der Waals surface area contributed by atoms with Crippen LogP contribution in [0.3, 0.4) is 0 Å². The van der Waals surface area contributed by atoms with E-state index in [0.29, 0.717) is 25.6 Å². The Hall–Kier alpha value is -1.75. The largest absolute Gasteiger partial charge is 0.396 e. The molecule has 0 heterocycles. The van der Waals surface area contributed by atoms with Crippen LogP contribution in [0.15, 0.2) is 24.3 Å². The Morgan fingerprint density at radius 2 is 2.11 bits per heavy atom. The average molecular weight is 265 g/mol. The van der Waals surface area contributed by atoms with Crippen LogP contribution in [-0.2, 0) is 6.54 Å². The summed E-state index contributed by atoms with van der Waals surface area (Å²) in [5, 5.41) is 17.4. The van der Waals surface area contributed by atoms with Crippen molar-refractivity contribution in [3.05, 3.63) is 29.8 Å². The zero-order chi connectivity index (χ0) is 14.1. The summed E-state index contributed by atoms with van der Waals surface area (Å²) >= 11 is 0. The van der Waals surface area contributed by atoms with Crippen molar-refractivity contribution in [1.29, 1.82) is 0 Å². The number of aliphatic hydroxyl groups is 1. The molecule has 0 aliphatic rings. The average Bonchev–Trinajstić information content (AvgIpc) is 2.36. The fourth-order valence-corrected chi connectivity index (χ4v) is 1.63.